The van der Waals surface area contributed by atoms with Gasteiger partial charge >= 0.3 is 12.0 Å². The number of hydrogen-bond donors (Lipinski definition) is 1. The molecule has 21 heavy (non-hydrogen) atoms. The number of hydroxylamine groups is 2. The van der Waals surface area contributed by atoms with E-state index in [1.54, 1.807) is 4.90 Å². The SMILES string of the molecule is O=C1N(O)[C@@H]2CC[C@@H](c3nnc(N4CCOCC4)o3)N1C2. The highest BCUT2D eigenvalue weighted by Gasteiger charge is 2.46. The molecule has 2 bridgehead atoms. The van der Waals surface area contributed by atoms with Crippen molar-refractivity contribution in [2.24, 2.45) is 0 Å². The van der Waals surface area contributed by atoms with Gasteiger partial charge in [0.15, 0.2) is 0 Å². The Balaban J connectivity index is 1.54. The Morgan fingerprint density at radius 3 is 2.81 bits per heavy atom. The topological polar surface area (TPSA) is 95.2 Å². The van der Waals surface area contributed by atoms with Gasteiger partial charge in [-0.15, -0.1) is 5.10 Å². The lowest BCUT2D eigenvalue weighted by molar-refractivity contribution is -0.0584. The minimum atomic E-state index is -0.381. The number of carbonyl (C=O) groups excluding carboxylic acids is 1. The van der Waals surface area contributed by atoms with Crippen molar-refractivity contribution in [3.05, 3.63) is 5.89 Å². The van der Waals surface area contributed by atoms with Gasteiger partial charge in [-0.1, -0.05) is 5.10 Å². The molecule has 2 atom stereocenters. The third-order valence-electron chi connectivity index (χ3n) is 4.34. The highest BCUT2D eigenvalue weighted by Crippen LogP contribution is 2.37. The number of nitrogens with zero attached hydrogens (tertiary/aromatic N) is 5. The standard InChI is InChI=1S/C12H17N5O4/c18-12-16-7-8(17(12)19)1-2-9(16)10-13-14-11(21-10)15-3-5-20-6-4-15/h8-9,19H,1-7H2/t8-,9+/m1/s1. The summed E-state index contributed by atoms with van der Waals surface area (Å²) in [5.74, 6) is 0.443. The molecule has 0 unspecified atom stereocenters. The Morgan fingerprint density at radius 1 is 1.19 bits per heavy atom. The minimum Gasteiger partial charge on any atom is -0.406 e. The molecular formula is C12H17N5O4. The number of amides is 2. The molecule has 3 aliphatic rings. The van der Waals surface area contributed by atoms with Crippen molar-refractivity contribution < 1.29 is 19.2 Å². The lowest BCUT2D eigenvalue weighted by Gasteiger charge is -2.27. The smallest absolute Gasteiger partial charge is 0.344 e. The Bertz CT molecular complexity index is 544. The van der Waals surface area contributed by atoms with Crippen molar-refractivity contribution in [1.82, 2.24) is 20.2 Å². The highest BCUT2D eigenvalue weighted by molar-refractivity contribution is 5.76. The van der Waals surface area contributed by atoms with Crippen LogP contribution in [0.15, 0.2) is 4.42 Å². The van der Waals surface area contributed by atoms with Gasteiger partial charge in [-0.25, -0.2) is 9.86 Å². The van der Waals surface area contributed by atoms with Crippen molar-refractivity contribution in [2.45, 2.75) is 24.9 Å². The number of ether oxygens (including phenoxy) is 1. The zero-order valence-corrected chi connectivity index (χ0v) is 11.5. The second-order valence-corrected chi connectivity index (χ2v) is 5.55. The second kappa shape index (κ2) is 4.85. The number of hydrogen-bond acceptors (Lipinski definition) is 7. The van der Waals surface area contributed by atoms with Crippen LogP contribution in [0, 0.1) is 0 Å². The summed E-state index contributed by atoms with van der Waals surface area (Å²) in [5, 5.41) is 18.7. The number of morpholine rings is 1. The van der Waals surface area contributed by atoms with Crippen LogP contribution >= 0.6 is 0 Å². The number of piperidine rings is 1. The van der Waals surface area contributed by atoms with Gasteiger partial charge in [0.2, 0.25) is 5.89 Å². The van der Waals surface area contributed by atoms with Crippen LogP contribution in [-0.2, 0) is 4.74 Å². The first-order chi connectivity index (χ1) is 10.2. The normalized spacial score (nSPS) is 29.4. The number of aromatic nitrogens is 2. The molecule has 3 fully saturated rings. The van der Waals surface area contributed by atoms with E-state index in [2.05, 4.69) is 10.2 Å². The van der Waals surface area contributed by atoms with E-state index in [9.17, 15) is 10.0 Å². The molecule has 0 aromatic carbocycles. The monoisotopic (exact) mass is 295 g/mol. The summed E-state index contributed by atoms with van der Waals surface area (Å²) < 4.78 is 11.0. The van der Waals surface area contributed by atoms with Crippen molar-refractivity contribution in [1.29, 1.82) is 0 Å². The summed E-state index contributed by atoms with van der Waals surface area (Å²) in [5.41, 5.74) is 0. The van der Waals surface area contributed by atoms with Crippen LogP contribution < -0.4 is 4.90 Å². The summed E-state index contributed by atoms with van der Waals surface area (Å²) in [4.78, 5) is 15.5. The van der Waals surface area contributed by atoms with E-state index in [4.69, 9.17) is 9.15 Å². The number of anilines is 1. The van der Waals surface area contributed by atoms with Crippen molar-refractivity contribution in [3.63, 3.8) is 0 Å². The van der Waals surface area contributed by atoms with Crippen LogP contribution in [0.2, 0.25) is 0 Å². The van der Waals surface area contributed by atoms with Crippen molar-refractivity contribution in [3.8, 4) is 0 Å². The highest BCUT2D eigenvalue weighted by atomic mass is 16.5. The fourth-order valence-electron chi connectivity index (χ4n) is 3.15. The van der Waals surface area contributed by atoms with E-state index in [1.165, 1.54) is 0 Å². The predicted octanol–water partition coefficient (Wildman–Crippen LogP) is 0.236. The summed E-state index contributed by atoms with van der Waals surface area (Å²) in [6.07, 6.45) is 1.46. The number of urea groups is 1. The molecular weight excluding hydrogens is 278 g/mol. The van der Waals surface area contributed by atoms with Crippen LogP contribution in [0.4, 0.5) is 10.8 Å². The third kappa shape index (κ3) is 2.04. The minimum absolute atomic E-state index is 0.115. The van der Waals surface area contributed by atoms with Gasteiger partial charge in [-0.2, -0.15) is 0 Å². The van der Waals surface area contributed by atoms with Crippen LogP contribution in [0.1, 0.15) is 24.8 Å². The predicted molar refractivity (Wildman–Crippen MR) is 68.8 cm³/mol. The molecule has 114 valence electrons. The first-order valence-electron chi connectivity index (χ1n) is 7.19. The van der Waals surface area contributed by atoms with Crippen molar-refractivity contribution in [2.75, 3.05) is 37.7 Å². The average Bonchev–Trinajstić information content (AvgIpc) is 3.10. The number of fused-ring (bicyclic) bond motifs is 2. The molecule has 4 heterocycles. The molecule has 1 N–H and O–H groups in total. The molecule has 1 aromatic rings. The quantitative estimate of drug-likeness (QED) is 0.781. The molecule has 0 radical (unpaired) electrons. The lowest BCUT2D eigenvalue weighted by atomic mass is 10.0. The summed E-state index contributed by atoms with van der Waals surface area (Å²) in [6.45, 7) is 3.25. The third-order valence-corrected chi connectivity index (χ3v) is 4.34. The molecule has 0 aliphatic carbocycles. The van der Waals surface area contributed by atoms with Gasteiger partial charge in [-0.3, -0.25) is 5.21 Å². The summed E-state index contributed by atoms with van der Waals surface area (Å²) >= 11 is 0. The fraction of sp³-hybridized carbons (Fsp3) is 0.750. The Hall–Kier alpha value is -1.87. The van der Waals surface area contributed by atoms with E-state index in [0.29, 0.717) is 31.7 Å². The first-order valence-corrected chi connectivity index (χ1v) is 7.19. The summed E-state index contributed by atoms with van der Waals surface area (Å²) in [6, 6.07) is -0.264. The van der Waals surface area contributed by atoms with Gasteiger partial charge in [0.05, 0.1) is 19.3 Å². The molecule has 1 aromatic heterocycles. The van der Waals surface area contributed by atoms with E-state index >= 15 is 0 Å². The largest absolute Gasteiger partial charge is 0.406 e. The molecule has 2 amide bonds. The van der Waals surface area contributed by atoms with Crippen LogP contribution in [0.25, 0.3) is 0 Å². The molecule has 3 saturated heterocycles. The zero-order valence-electron chi connectivity index (χ0n) is 11.5. The maximum atomic E-state index is 12.0. The molecule has 9 heteroatoms. The van der Waals surface area contributed by atoms with Gasteiger partial charge in [-0.05, 0) is 12.8 Å². The zero-order chi connectivity index (χ0) is 14.4. The van der Waals surface area contributed by atoms with Gasteiger partial charge < -0.3 is 19.0 Å². The number of rotatable bonds is 2. The van der Waals surface area contributed by atoms with Crippen LogP contribution in [0.3, 0.4) is 0 Å². The maximum Gasteiger partial charge on any atom is 0.344 e. The molecule has 0 saturated carbocycles. The fourth-order valence-corrected chi connectivity index (χ4v) is 3.15. The van der Waals surface area contributed by atoms with Crippen LogP contribution in [-0.4, -0.2) is 70.3 Å². The van der Waals surface area contributed by atoms with Crippen molar-refractivity contribution >= 4 is 12.0 Å². The van der Waals surface area contributed by atoms with Gasteiger partial charge in [0.25, 0.3) is 0 Å². The van der Waals surface area contributed by atoms with Gasteiger partial charge in [0, 0.05) is 19.6 Å². The van der Waals surface area contributed by atoms with E-state index < -0.39 is 0 Å². The first kappa shape index (κ1) is 12.8. The average molecular weight is 295 g/mol. The van der Waals surface area contributed by atoms with Gasteiger partial charge in [0.1, 0.15) is 6.04 Å². The number of carbonyl (C=O) groups is 1. The van der Waals surface area contributed by atoms with E-state index in [-0.39, 0.29) is 18.1 Å². The maximum absolute atomic E-state index is 12.0. The van der Waals surface area contributed by atoms with Crippen LogP contribution in [0.5, 0.6) is 0 Å². The Labute approximate surface area is 121 Å². The summed E-state index contributed by atoms with van der Waals surface area (Å²) in [7, 11) is 0. The molecule has 4 rings (SSSR count). The van der Waals surface area contributed by atoms with E-state index in [1.807, 2.05) is 4.90 Å². The second-order valence-electron chi connectivity index (χ2n) is 5.55. The Morgan fingerprint density at radius 2 is 2.00 bits per heavy atom. The lowest BCUT2D eigenvalue weighted by Crippen LogP contribution is -2.36. The van der Waals surface area contributed by atoms with E-state index in [0.717, 1.165) is 31.0 Å². The molecule has 0 spiro atoms. The Kier molecular flexibility index (Phi) is 2.96. The molecule has 9 nitrogen and oxygen atoms in total. The molecule has 3 aliphatic heterocycles.